The minimum absolute atomic E-state index is 0.0431. The van der Waals surface area contributed by atoms with Gasteiger partial charge in [0.1, 0.15) is 6.10 Å². The van der Waals surface area contributed by atoms with Gasteiger partial charge in [-0.15, -0.1) is 0 Å². The van der Waals surface area contributed by atoms with Crippen LogP contribution in [0.25, 0.3) is 0 Å². The molecule has 1 aliphatic rings. The highest BCUT2D eigenvalue weighted by atomic mass is 16.5. The number of aromatic nitrogens is 3. The number of rotatable bonds is 3. The fourth-order valence-electron chi connectivity index (χ4n) is 2.21. The zero-order chi connectivity index (χ0) is 13.8. The summed E-state index contributed by atoms with van der Waals surface area (Å²) in [6, 6.07) is 5.81. The molecule has 3 heterocycles. The average molecular weight is 271 g/mol. The summed E-state index contributed by atoms with van der Waals surface area (Å²) in [5, 5.41) is 3.06. The molecule has 0 aliphatic carbocycles. The lowest BCUT2D eigenvalue weighted by molar-refractivity contribution is 0.0365. The summed E-state index contributed by atoms with van der Waals surface area (Å²) in [5.41, 5.74) is 1.93. The molecule has 2 aromatic heterocycles. The quantitative estimate of drug-likeness (QED) is 0.912. The Morgan fingerprint density at radius 3 is 2.80 bits per heavy atom. The molecule has 0 spiro atoms. The van der Waals surface area contributed by atoms with Gasteiger partial charge in [-0.1, -0.05) is 0 Å². The maximum Gasteiger partial charge on any atom is 0.225 e. The van der Waals surface area contributed by atoms with Gasteiger partial charge in [-0.2, -0.15) is 0 Å². The normalized spacial score (nSPS) is 18.9. The number of hydrogen-bond donors (Lipinski definition) is 1. The minimum Gasteiger partial charge on any atom is -0.387 e. The molecule has 2 aromatic rings. The number of pyridine rings is 1. The third-order valence-electron chi connectivity index (χ3n) is 3.31. The second-order valence-electron chi connectivity index (χ2n) is 4.58. The number of nitrogens with zero attached hydrogens (tertiary/aromatic N) is 4. The first-order valence-corrected chi connectivity index (χ1v) is 6.64. The number of hydrogen-bond acceptors (Lipinski definition) is 6. The largest absolute Gasteiger partial charge is 0.387 e. The summed E-state index contributed by atoms with van der Waals surface area (Å²) in [5.74, 6) is 0.743. The maximum atomic E-state index is 5.81. The Morgan fingerprint density at radius 2 is 2.10 bits per heavy atom. The molecular formula is C14H17N5O. The lowest BCUT2D eigenvalue weighted by Gasteiger charge is -2.32. The minimum atomic E-state index is -0.0431. The van der Waals surface area contributed by atoms with E-state index in [0.29, 0.717) is 6.61 Å². The van der Waals surface area contributed by atoms with E-state index in [-0.39, 0.29) is 6.10 Å². The second kappa shape index (κ2) is 5.83. The van der Waals surface area contributed by atoms with Gasteiger partial charge in [-0.3, -0.25) is 4.98 Å². The Bertz CT molecular complexity index is 545. The molecular weight excluding hydrogens is 254 g/mol. The van der Waals surface area contributed by atoms with Crippen molar-refractivity contribution in [2.24, 2.45) is 0 Å². The lowest BCUT2D eigenvalue weighted by Crippen LogP contribution is -2.39. The molecule has 0 bridgehead atoms. The number of morpholine rings is 1. The molecule has 0 unspecified atom stereocenters. The van der Waals surface area contributed by atoms with Crippen molar-refractivity contribution in [3.05, 3.63) is 42.5 Å². The molecule has 1 atom stereocenters. The second-order valence-corrected chi connectivity index (χ2v) is 4.58. The van der Waals surface area contributed by atoms with Crippen LogP contribution in [0, 0.1) is 0 Å². The molecule has 0 radical (unpaired) electrons. The summed E-state index contributed by atoms with van der Waals surface area (Å²) in [7, 11) is 1.88. The van der Waals surface area contributed by atoms with Crippen LogP contribution in [0.1, 0.15) is 11.8 Å². The van der Waals surface area contributed by atoms with Gasteiger partial charge in [0, 0.05) is 26.0 Å². The Balaban J connectivity index is 1.74. The van der Waals surface area contributed by atoms with Crippen molar-refractivity contribution in [3.63, 3.8) is 0 Å². The monoisotopic (exact) mass is 271 g/mol. The van der Waals surface area contributed by atoms with Crippen molar-refractivity contribution in [1.82, 2.24) is 15.0 Å². The summed E-state index contributed by atoms with van der Waals surface area (Å²) >= 11 is 0. The summed E-state index contributed by atoms with van der Waals surface area (Å²) in [6.45, 7) is 2.17. The number of anilines is 2. The highest BCUT2D eigenvalue weighted by Gasteiger charge is 2.24. The van der Waals surface area contributed by atoms with Crippen LogP contribution in [0.4, 0.5) is 11.6 Å². The Kier molecular flexibility index (Phi) is 3.73. The van der Waals surface area contributed by atoms with Crippen LogP contribution in [-0.2, 0) is 4.74 Å². The molecule has 1 saturated heterocycles. The van der Waals surface area contributed by atoms with Crippen LogP contribution in [0.3, 0.4) is 0 Å². The molecule has 0 aromatic carbocycles. The molecule has 6 heteroatoms. The summed E-state index contributed by atoms with van der Waals surface area (Å²) in [6.07, 6.45) is 5.29. The van der Waals surface area contributed by atoms with Gasteiger partial charge in [0.25, 0.3) is 0 Å². The van der Waals surface area contributed by atoms with Crippen LogP contribution in [0.15, 0.2) is 36.8 Å². The predicted octanol–water partition coefficient (Wildman–Crippen LogP) is 1.49. The van der Waals surface area contributed by atoms with Crippen molar-refractivity contribution in [1.29, 1.82) is 0 Å². The Hall–Kier alpha value is -2.21. The molecule has 0 amide bonds. The van der Waals surface area contributed by atoms with Crippen LogP contribution in [-0.4, -0.2) is 41.7 Å². The molecule has 1 N–H and O–H groups in total. The van der Waals surface area contributed by atoms with E-state index in [2.05, 4.69) is 25.2 Å². The Morgan fingerprint density at radius 1 is 1.25 bits per heavy atom. The SMILES string of the molecule is CNc1ccc([C@@H]2CN(c3ncccn3)CCO2)nc1. The van der Waals surface area contributed by atoms with Crippen LogP contribution < -0.4 is 10.2 Å². The van der Waals surface area contributed by atoms with E-state index in [1.165, 1.54) is 0 Å². The first-order valence-electron chi connectivity index (χ1n) is 6.64. The predicted molar refractivity (Wildman–Crippen MR) is 76.7 cm³/mol. The van der Waals surface area contributed by atoms with Gasteiger partial charge in [0.2, 0.25) is 5.95 Å². The molecule has 0 saturated carbocycles. The fourth-order valence-corrected chi connectivity index (χ4v) is 2.21. The van der Waals surface area contributed by atoms with Gasteiger partial charge < -0.3 is 15.0 Å². The fraction of sp³-hybridized carbons (Fsp3) is 0.357. The molecule has 1 fully saturated rings. The van der Waals surface area contributed by atoms with Crippen molar-refractivity contribution >= 4 is 11.6 Å². The molecule has 6 nitrogen and oxygen atoms in total. The highest BCUT2D eigenvalue weighted by molar-refractivity contribution is 5.40. The maximum absolute atomic E-state index is 5.81. The molecule has 104 valence electrons. The van der Waals surface area contributed by atoms with E-state index in [9.17, 15) is 0 Å². The van der Waals surface area contributed by atoms with Gasteiger partial charge in [0.15, 0.2) is 0 Å². The third kappa shape index (κ3) is 2.70. The first-order chi connectivity index (χ1) is 9.86. The van der Waals surface area contributed by atoms with Gasteiger partial charge in [0.05, 0.1) is 30.7 Å². The summed E-state index contributed by atoms with van der Waals surface area (Å²) < 4.78 is 5.81. The van der Waals surface area contributed by atoms with Crippen LogP contribution >= 0.6 is 0 Å². The average Bonchev–Trinajstić information content (AvgIpc) is 2.56. The van der Waals surface area contributed by atoms with Gasteiger partial charge in [-0.25, -0.2) is 9.97 Å². The standard InChI is InChI=1S/C14H17N5O/c1-15-11-3-4-12(18-9-11)13-10-19(7-8-20-13)14-16-5-2-6-17-14/h2-6,9,13,15H,7-8,10H2,1H3/t13-/m0/s1. The zero-order valence-corrected chi connectivity index (χ0v) is 11.4. The van der Waals surface area contributed by atoms with Crippen molar-refractivity contribution in [2.45, 2.75) is 6.10 Å². The number of ether oxygens (including phenoxy) is 1. The Labute approximate surface area is 117 Å². The van der Waals surface area contributed by atoms with Crippen molar-refractivity contribution < 1.29 is 4.74 Å². The molecule has 3 rings (SSSR count). The van der Waals surface area contributed by atoms with E-state index in [0.717, 1.165) is 30.4 Å². The smallest absolute Gasteiger partial charge is 0.225 e. The van der Waals surface area contributed by atoms with E-state index in [1.807, 2.05) is 31.4 Å². The van der Waals surface area contributed by atoms with E-state index >= 15 is 0 Å². The first kappa shape index (κ1) is 12.8. The molecule has 1 aliphatic heterocycles. The number of nitrogens with one attached hydrogen (secondary N) is 1. The highest BCUT2D eigenvalue weighted by Crippen LogP contribution is 2.23. The van der Waals surface area contributed by atoms with E-state index in [4.69, 9.17) is 4.74 Å². The van der Waals surface area contributed by atoms with Crippen LogP contribution in [0.2, 0.25) is 0 Å². The van der Waals surface area contributed by atoms with E-state index in [1.54, 1.807) is 12.4 Å². The van der Waals surface area contributed by atoms with Crippen LogP contribution in [0.5, 0.6) is 0 Å². The topological polar surface area (TPSA) is 63.2 Å². The third-order valence-corrected chi connectivity index (χ3v) is 3.31. The van der Waals surface area contributed by atoms with Gasteiger partial charge >= 0.3 is 0 Å². The van der Waals surface area contributed by atoms with E-state index < -0.39 is 0 Å². The summed E-state index contributed by atoms with van der Waals surface area (Å²) in [4.78, 5) is 15.1. The van der Waals surface area contributed by atoms with Gasteiger partial charge in [-0.05, 0) is 18.2 Å². The van der Waals surface area contributed by atoms with Crippen molar-refractivity contribution in [2.75, 3.05) is 37.0 Å². The van der Waals surface area contributed by atoms with Crippen molar-refractivity contribution in [3.8, 4) is 0 Å². The molecule has 20 heavy (non-hydrogen) atoms. The lowest BCUT2D eigenvalue weighted by atomic mass is 10.2. The zero-order valence-electron chi connectivity index (χ0n) is 11.4.